The molecule has 1 aliphatic heterocycles. The highest BCUT2D eigenvalue weighted by Crippen LogP contribution is 2.17. The Morgan fingerprint density at radius 1 is 1.36 bits per heavy atom. The minimum absolute atomic E-state index is 0.326. The first kappa shape index (κ1) is 14.9. The summed E-state index contributed by atoms with van der Waals surface area (Å²) in [6.07, 6.45) is 5.69. The van der Waals surface area contributed by atoms with Gasteiger partial charge in [0, 0.05) is 43.8 Å². The fraction of sp³-hybridized carbons (Fsp3) is 0.471. The number of guanidine groups is 1. The van der Waals surface area contributed by atoms with E-state index in [1.165, 1.54) is 22.9 Å². The van der Waals surface area contributed by atoms with Crippen molar-refractivity contribution in [3.63, 3.8) is 0 Å². The average Bonchev–Trinajstić information content (AvgIpc) is 3.20. The molecule has 22 heavy (non-hydrogen) atoms. The molecule has 2 heterocycles. The molecule has 0 spiro atoms. The molecule has 0 bridgehead atoms. The second-order valence-corrected chi connectivity index (χ2v) is 5.62. The number of rotatable bonds is 5. The number of hydrogen-bond acceptors (Lipinski definition) is 2. The number of para-hydroxylation sites is 1. The summed E-state index contributed by atoms with van der Waals surface area (Å²) in [7, 11) is 1.80. The first-order valence-electron chi connectivity index (χ1n) is 7.98. The van der Waals surface area contributed by atoms with E-state index in [1.54, 1.807) is 7.05 Å². The molecule has 1 aliphatic rings. The van der Waals surface area contributed by atoms with Crippen LogP contribution in [-0.4, -0.2) is 43.8 Å². The fourth-order valence-corrected chi connectivity index (χ4v) is 2.89. The van der Waals surface area contributed by atoms with Gasteiger partial charge in [-0.1, -0.05) is 18.2 Å². The largest absolute Gasteiger partial charge is 0.376 e. The number of aromatic nitrogens is 1. The molecule has 5 heteroatoms. The standard InChI is InChI=1S/C17H24N4O/c1-18-17(21-12-14-5-4-10-22-14)19-9-8-13-11-20-16-7-3-2-6-15(13)16/h2-3,6-7,11,14,20H,4-5,8-10,12H2,1H3,(H2,18,19,21). The number of fused-ring (bicyclic) bond motifs is 1. The first-order valence-corrected chi connectivity index (χ1v) is 7.98. The zero-order valence-corrected chi connectivity index (χ0v) is 13.1. The van der Waals surface area contributed by atoms with Gasteiger partial charge >= 0.3 is 0 Å². The lowest BCUT2D eigenvalue weighted by Crippen LogP contribution is -2.41. The van der Waals surface area contributed by atoms with E-state index >= 15 is 0 Å². The maximum Gasteiger partial charge on any atom is 0.191 e. The molecule has 0 aliphatic carbocycles. The summed E-state index contributed by atoms with van der Waals surface area (Å²) in [5.74, 6) is 0.843. The number of nitrogens with one attached hydrogen (secondary N) is 3. The highest BCUT2D eigenvalue weighted by Gasteiger charge is 2.15. The minimum atomic E-state index is 0.326. The van der Waals surface area contributed by atoms with Gasteiger partial charge in [-0.05, 0) is 30.9 Å². The molecule has 3 N–H and O–H groups in total. The van der Waals surface area contributed by atoms with Crippen molar-refractivity contribution < 1.29 is 4.74 Å². The number of aromatic amines is 1. The van der Waals surface area contributed by atoms with Gasteiger partial charge in [-0.2, -0.15) is 0 Å². The predicted molar refractivity (Wildman–Crippen MR) is 90.3 cm³/mol. The second-order valence-electron chi connectivity index (χ2n) is 5.62. The lowest BCUT2D eigenvalue weighted by molar-refractivity contribution is 0.114. The van der Waals surface area contributed by atoms with E-state index in [1.807, 2.05) is 0 Å². The van der Waals surface area contributed by atoms with Crippen LogP contribution in [0.5, 0.6) is 0 Å². The molecule has 1 unspecified atom stereocenters. The van der Waals surface area contributed by atoms with Crippen molar-refractivity contribution in [1.82, 2.24) is 15.6 Å². The Balaban J connectivity index is 1.46. The zero-order chi connectivity index (χ0) is 15.2. The fourth-order valence-electron chi connectivity index (χ4n) is 2.89. The van der Waals surface area contributed by atoms with Crippen LogP contribution in [0, 0.1) is 0 Å². The van der Waals surface area contributed by atoms with Crippen molar-refractivity contribution in [2.75, 3.05) is 26.7 Å². The Hall–Kier alpha value is -2.01. The summed E-state index contributed by atoms with van der Waals surface area (Å²) in [6.45, 7) is 2.57. The van der Waals surface area contributed by atoms with Crippen LogP contribution in [0.3, 0.4) is 0 Å². The van der Waals surface area contributed by atoms with Gasteiger partial charge in [0.05, 0.1) is 6.10 Å². The van der Waals surface area contributed by atoms with E-state index in [9.17, 15) is 0 Å². The molecule has 5 nitrogen and oxygen atoms in total. The van der Waals surface area contributed by atoms with Gasteiger partial charge in [-0.25, -0.2) is 0 Å². The zero-order valence-electron chi connectivity index (χ0n) is 13.1. The van der Waals surface area contributed by atoms with Crippen molar-refractivity contribution in [2.45, 2.75) is 25.4 Å². The van der Waals surface area contributed by atoms with E-state index < -0.39 is 0 Å². The molecular weight excluding hydrogens is 276 g/mol. The molecule has 1 aromatic heterocycles. The molecule has 3 rings (SSSR count). The highest BCUT2D eigenvalue weighted by molar-refractivity contribution is 5.83. The number of nitrogens with zero attached hydrogens (tertiary/aromatic N) is 1. The van der Waals surface area contributed by atoms with Gasteiger partial charge < -0.3 is 20.4 Å². The summed E-state index contributed by atoms with van der Waals surface area (Å²) in [6, 6.07) is 8.40. The minimum Gasteiger partial charge on any atom is -0.376 e. The average molecular weight is 300 g/mol. The SMILES string of the molecule is CN=C(NCCc1c[nH]c2ccccc12)NCC1CCCO1. The van der Waals surface area contributed by atoms with Crippen molar-refractivity contribution in [3.8, 4) is 0 Å². The van der Waals surface area contributed by atoms with E-state index in [4.69, 9.17) is 4.74 Å². The number of H-pyrrole nitrogens is 1. The third-order valence-electron chi connectivity index (χ3n) is 4.11. The van der Waals surface area contributed by atoms with E-state index in [-0.39, 0.29) is 0 Å². The predicted octanol–water partition coefficient (Wildman–Crippen LogP) is 2.05. The Morgan fingerprint density at radius 2 is 2.27 bits per heavy atom. The smallest absolute Gasteiger partial charge is 0.191 e. The van der Waals surface area contributed by atoms with Crippen molar-refractivity contribution in [1.29, 1.82) is 0 Å². The molecule has 0 amide bonds. The summed E-state index contributed by atoms with van der Waals surface area (Å²) < 4.78 is 5.61. The summed E-state index contributed by atoms with van der Waals surface area (Å²) in [5.41, 5.74) is 2.52. The molecule has 0 radical (unpaired) electrons. The summed E-state index contributed by atoms with van der Waals surface area (Å²) in [4.78, 5) is 7.57. The van der Waals surface area contributed by atoms with Crippen molar-refractivity contribution in [2.24, 2.45) is 4.99 Å². The number of aliphatic imine (C=N–C) groups is 1. The molecular formula is C17H24N4O. The van der Waals surface area contributed by atoms with Crippen LogP contribution in [0.1, 0.15) is 18.4 Å². The van der Waals surface area contributed by atoms with Gasteiger partial charge in [-0.3, -0.25) is 4.99 Å². The second kappa shape index (κ2) is 7.31. The van der Waals surface area contributed by atoms with Gasteiger partial charge in [0.1, 0.15) is 0 Å². The maximum absolute atomic E-state index is 5.61. The van der Waals surface area contributed by atoms with Crippen LogP contribution in [0.25, 0.3) is 10.9 Å². The van der Waals surface area contributed by atoms with Crippen LogP contribution < -0.4 is 10.6 Å². The van der Waals surface area contributed by atoms with Gasteiger partial charge in [0.2, 0.25) is 0 Å². The molecule has 1 fully saturated rings. The summed E-state index contributed by atoms with van der Waals surface area (Å²) in [5, 5.41) is 8.00. The number of ether oxygens (including phenoxy) is 1. The third kappa shape index (κ3) is 3.60. The molecule has 1 aromatic carbocycles. The number of benzene rings is 1. The van der Waals surface area contributed by atoms with Crippen molar-refractivity contribution in [3.05, 3.63) is 36.0 Å². The quantitative estimate of drug-likeness (QED) is 0.585. The molecule has 0 saturated carbocycles. The van der Waals surface area contributed by atoms with Gasteiger partial charge in [-0.15, -0.1) is 0 Å². The molecule has 1 atom stereocenters. The Bertz CT molecular complexity index is 628. The Labute approximate surface area is 131 Å². The van der Waals surface area contributed by atoms with Crippen LogP contribution in [0.2, 0.25) is 0 Å². The third-order valence-corrected chi connectivity index (χ3v) is 4.11. The maximum atomic E-state index is 5.61. The molecule has 1 saturated heterocycles. The Kier molecular flexibility index (Phi) is 4.96. The number of hydrogen-bond donors (Lipinski definition) is 3. The molecule has 118 valence electrons. The topological polar surface area (TPSA) is 61.4 Å². The Morgan fingerprint density at radius 3 is 3.09 bits per heavy atom. The van der Waals surface area contributed by atoms with Crippen molar-refractivity contribution >= 4 is 16.9 Å². The lowest BCUT2D eigenvalue weighted by Gasteiger charge is -2.14. The van der Waals surface area contributed by atoms with E-state index in [2.05, 4.69) is 51.1 Å². The van der Waals surface area contributed by atoms with Gasteiger partial charge in [0.15, 0.2) is 5.96 Å². The van der Waals surface area contributed by atoms with Crippen LogP contribution in [0.15, 0.2) is 35.5 Å². The first-order chi connectivity index (χ1) is 10.9. The normalized spacial score (nSPS) is 18.8. The van der Waals surface area contributed by atoms with Crippen LogP contribution in [-0.2, 0) is 11.2 Å². The van der Waals surface area contributed by atoms with E-state index in [0.717, 1.165) is 38.5 Å². The van der Waals surface area contributed by atoms with Gasteiger partial charge in [0.25, 0.3) is 0 Å². The monoisotopic (exact) mass is 300 g/mol. The van der Waals surface area contributed by atoms with E-state index in [0.29, 0.717) is 6.10 Å². The summed E-state index contributed by atoms with van der Waals surface area (Å²) >= 11 is 0. The molecule has 2 aromatic rings. The highest BCUT2D eigenvalue weighted by atomic mass is 16.5. The lowest BCUT2D eigenvalue weighted by atomic mass is 10.1. The van der Waals surface area contributed by atoms with Crippen LogP contribution >= 0.6 is 0 Å². The van der Waals surface area contributed by atoms with Crippen LogP contribution in [0.4, 0.5) is 0 Å².